The smallest absolute Gasteiger partial charge is 0.254 e. The van der Waals surface area contributed by atoms with Gasteiger partial charge in [-0.1, -0.05) is 18.2 Å². The molecule has 0 unspecified atom stereocenters. The molecular weight excluding hydrogens is 391 g/mol. The maximum atomic E-state index is 13.8. The van der Waals surface area contributed by atoms with Crippen molar-refractivity contribution >= 4 is 28.2 Å². The molecule has 1 aliphatic rings. The van der Waals surface area contributed by atoms with Crippen LogP contribution >= 0.6 is 11.3 Å². The molecule has 0 radical (unpaired) electrons. The molecule has 2 aromatic rings. The molecule has 1 aromatic carbocycles. The number of ether oxygens (including phenoxy) is 1. The van der Waals surface area contributed by atoms with Gasteiger partial charge in [0.15, 0.2) is 0 Å². The van der Waals surface area contributed by atoms with Crippen molar-refractivity contribution < 1.29 is 18.7 Å². The fraction of sp³-hybridized carbons (Fsp3) is 0.455. The molecule has 29 heavy (non-hydrogen) atoms. The molecule has 0 fully saturated rings. The van der Waals surface area contributed by atoms with E-state index < -0.39 is 0 Å². The third-order valence-corrected chi connectivity index (χ3v) is 6.25. The summed E-state index contributed by atoms with van der Waals surface area (Å²) in [7, 11) is 1.63. The predicted molar refractivity (Wildman–Crippen MR) is 113 cm³/mol. The monoisotopic (exact) mass is 418 g/mol. The summed E-state index contributed by atoms with van der Waals surface area (Å²) in [5.74, 6) is -0.659. The van der Waals surface area contributed by atoms with Gasteiger partial charge in [0.05, 0.1) is 5.56 Å². The van der Waals surface area contributed by atoms with E-state index in [2.05, 4.69) is 10.6 Å². The van der Waals surface area contributed by atoms with Gasteiger partial charge < -0.3 is 15.4 Å². The number of methoxy groups -OCH3 is 1. The first-order valence-corrected chi connectivity index (χ1v) is 10.9. The average molecular weight is 419 g/mol. The highest BCUT2D eigenvalue weighted by atomic mass is 32.1. The van der Waals surface area contributed by atoms with Crippen LogP contribution in [-0.4, -0.2) is 32.1 Å². The molecular formula is C22H27FN2O3S. The molecule has 0 saturated heterocycles. The van der Waals surface area contributed by atoms with Gasteiger partial charge in [0, 0.05) is 31.6 Å². The Hall–Kier alpha value is -2.25. The minimum Gasteiger partial charge on any atom is -0.385 e. The Bertz CT molecular complexity index is 866. The number of thiophene rings is 1. The number of carbonyl (C=O) groups is 2. The van der Waals surface area contributed by atoms with Gasteiger partial charge >= 0.3 is 0 Å². The summed E-state index contributed by atoms with van der Waals surface area (Å²) < 4.78 is 18.8. The summed E-state index contributed by atoms with van der Waals surface area (Å²) in [6.45, 7) is 1.11. The second-order valence-corrected chi connectivity index (χ2v) is 8.26. The molecule has 7 heteroatoms. The topological polar surface area (TPSA) is 67.4 Å². The number of aryl methyl sites for hydroxylation is 2. The van der Waals surface area contributed by atoms with Gasteiger partial charge in [0.1, 0.15) is 10.8 Å². The lowest BCUT2D eigenvalue weighted by molar-refractivity contribution is -0.116. The Balaban J connectivity index is 1.69. The largest absolute Gasteiger partial charge is 0.385 e. The predicted octanol–water partition coefficient (Wildman–Crippen LogP) is 4.10. The summed E-state index contributed by atoms with van der Waals surface area (Å²) in [6.07, 6.45) is 5.17. The number of anilines is 1. The number of nitrogens with one attached hydrogen (secondary N) is 2. The van der Waals surface area contributed by atoms with E-state index in [9.17, 15) is 14.0 Å². The first-order chi connectivity index (χ1) is 14.1. The maximum Gasteiger partial charge on any atom is 0.254 e. The number of amides is 2. The standard InChI is InChI=1S/C22H27FN2O3S/c1-28-14-6-13-24-21(27)20-16-8-3-5-10-18(16)29-22(20)25-19(26)12-11-15-7-2-4-9-17(15)23/h2,4,7,9H,3,5-6,8,10-14H2,1H3,(H,24,27)(H,25,26). The Morgan fingerprint density at radius 1 is 1.21 bits per heavy atom. The van der Waals surface area contributed by atoms with Gasteiger partial charge in [-0.25, -0.2) is 4.39 Å². The van der Waals surface area contributed by atoms with Crippen LogP contribution in [0, 0.1) is 5.82 Å². The van der Waals surface area contributed by atoms with E-state index in [-0.39, 0.29) is 24.1 Å². The summed E-state index contributed by atoms with van der Waals surface area (Å²) in [5, 5.41) is 6.46. The van der Waals surface area contributed by atoms with Crippen LogP contribution in [0.1, 0.15) is 52.0 Å². The van der Waals surface area contributed by atoms with Gasteiger partial charge in [-0.2, -0.15) is 0 Å². The first-order valence-electron chi connectivity index (χ1n) is 10.0. The molecule has 2 N–H and O–H groups in total. The third kappa shape index (κ3) is 5.64. The first kappa shape index (κ1) is 21.5. The van der Waals surface area contributed by atoms with Crippen LogP contribution in [0.5, 0.6) is 0 Å². The van der Waals surface area contributed by atoms with Crippen molar-refractivity contribution in [1.29, 1.82) is 0 Å². The molecule has 1 aliphatic carbocycles. The number of rotatable bonds is 9. The van der Waals surface area contributed by atoms with E-state index in [1.807, 2.05) is 0 Å². The highest BCUT2D eigenvalue weighted by Crippen LogP contribution is 2.38. The van der Waals surface area contributed by atoms with Crippen molar-refractivity contribution in [2.45, 2.75) is 44.9 Å². The molecule has 0 bridgehead atoms. The van der Waals surface area contributed by atoms with E-state index in [4.69, 9.17) is 4.74 Å². The summed E-state index contributed by atoms with van der Waals surface area (Å²) >= 11 is 1.50. The van der Waals surface area contributed by atoms with E-state index in [0.29, 0.717) is 35.7 Å². The zero-order chi connectivity index (χ0) is 20.6. The molecule has 3 rings (SSSR count). The highest BCUT2D eigenvalue weighted by Gasteiger charge is 2.26. The number of benzene rings is 1. The van der Waals surface area contributed by atoms with Crippen molar-refractivity contribution in [3.63, 3.8) is 0 Å². The molecule has 1 aromatic heterocycles. The molecule has 0 saturated carbocycles. The summed E-state index contributed by atoms with van der Waals surface area (Å²) in [5.41, 5.74) is 2.18. The lowest BCUT2D eigenvalue weighted by Gasteiger charge is -2.13. The Morgan fingerprint density at radius 3 is 2.79 bits per heavy atom. The highest BCUT2D eigenvalue weighted by molar-refractivity contribution is 7.17. The van der Waals surface area contributed by atoms with Crippen LogP contribution < -0.4 is 10.6 Å². The van der Waals surface area contributed by atoms with Gasteiger partial charge in [-0.15, -0.1) is 11.3 Å². The van der Waals surface area contributed by atoms with Crippen molar-refractivity contribution in [3.8, 4) is 0 Å². The average Bonchev–Trinajstić information content (AvgIpc) is 3.08. The Kier molecular flexibility index (Phi) is 7.77. The fourth-order valence-electron chi connectivity index (χ4n) is 3.54. The Labute approximate surface area is 174 Å². The summed E-state index contributed by atoms with van der Waals surface area (Å²) in [4.78, 5) is 26.5. The van der Waals surface area contributed by atoms with Crippen molar-refractivity contribution in [3.05, 3.63) is 51.7 Å². The van der Waals surface area contributed by atoms with Gasteiger partial charge in [-0.05, 0) is 55.7 Å². The second-order valence-electron chi connectivity index (χ2n) is 7.16. The number of hydrogen-bond donors (Lipinski definition) is 2. The Morgan fingerprint density at radius 2 is 2.00 bits per heavy atom. The van der Waals surface area contributed by atoms with Crippen LogP contribution in [0.15, 0.2) is 24.3 Å². The van der Waals surface area contributed by atoms with Gasteiger partial charge in [0.25, 0.3) is 5.91 Å². The lowest BCUT2D eigenvalue weighted by atomic mass is 9.95. The quantitative estimate of drug-likeness (QED) is 0.603. The lowest BCUT2D eigenvalue weighted by Crippen LogP contribution is -2.27. The van der Waals surface area contributed by atoms with Crippen molar-refractivity contribution in [2.24, 2.45) is 0 Å². The fourth-order valence-corrected chi connectivity index (χ4v) is 4.84. The number of carbonyl (C=O) groups excluding carboxylic acids is 2. The molecule has 2 amide bonds. The van der Waals surface area contributed by atoms with Crippen LogP contribution in [-0.2, 0) is 28.8 Å². The van der Waals surface area contributed by atoms with E-state index in [1.165, 1.54) is 22.3 Å². The number of fused-ring (bicyclic) bond motifs is 1. The molecule has 5 nitrogen and oxygen atoms in total. The van der Waals surface area contributed by atoms with Crippen LogP contribution in [0.3, 0.4) is 0 Å². The van der Waals surface area contributed by atoms with Crippen molar-refractivity contribution in [1.82, 2.24) is 5.32 Å². The third-order valence-electron chi connectivity index (χ3n) is 5.04. The maximum absolute atomic E-state index is 13.8. The van der Waals surface area contributed by atoms with Gasteiger partial charge in [0.2, 0.25) is 5.91 Å². The zero-order valence-electron chi connectivity index (χ0n) is 16.7. The van der Waals surface area contributed by atoms with Gasteiger partial charge in [-0.3, -0.25) is 9.59 Å². The van der Waals surface area contributed by atoms with E-state index in [0.717, 1.165) is 37.7 Å². The molecule has 1 heterocycles. The minimum atomic E-state index is -0.303. The number of hydrogen-bond acceptors (Lipinski definition) is 4. The van der Waals surface area contributed by atoms with E-state index >= 15 is 0 Å². The minimum absolute atomic E-state index is 0.148. The second kappa shape index (κ2) is 10.5. The van der Waals surface area contributed by atoms with Crippen LogP contribution in [0.25, 0.3) is 0 Å². The van der Waals surface area contributed by atoms with Crippen LogP contribution in [0.4, 0.5) is 9.39 Å². The zero-order valence-corrected chi connectivity index (χ0v) is 17.5. The molecule has 0 aliphatic heterocycles. The normalized spacial score (nSPS) is 13.0. The molecule has 156 valence electrons. The molecule has 0 atom stereocenters. The van der Waals surface area contributed by atoms with Crippen LogP contribution in [0.2, 0.25) is 0 Å². The summed E-state index contributed by atoms with van der Waals surface area (Å²) in [6, 6.07) is 6.47. The van der Waals surface area contributed by atoms with E-state index in [1.54, 1.807) is 25.3 Å². The molecule has 0 spiro atoms. The van der Waals surface area contributed by atoms with Crippen molar-refractivity contribution in [2.75, 3.05) is 25.6 Å². The SMILES string of the molecule is COCCCNC(=O)c1c(NC(=O)CCc2ccccc2F)sc2c1CCCC2. The number of halogens is 1.